The van der Waals surface area contributed by atoms with Crippen LogP contribution in [0.15, 0.2) is 65.7 Å². The van der Waals surface area contributed by atoms with E-state index in [1.54, 1.807) is 33.5 Å². The SMILES string of the molecule is CCCCOc1c2n(ncc1=O)[C@@H](C(c1ccc(F)cc1)c1ccc(F)cc1)Cn1c(C=O)cnc1-2. The molecule has 36 heavy (non-hydrogen) atoms. The summed E-state index contributed by atoms with van der Waals surface area (Å²) in [5, 5.41) is 4.46. The molecule has 0 N–H and O–H groups in total. The third-order valence-electron chi connectivity index (χ3n) is 6.46. The molecule has 0 aliphatic carbocycles. The summed E-state index contributed by atoms with van der Waals surface area (Å²) in [6.07, 6.45) is 5.02. The molecule has 0 fully saturated rings. The van der Waals surface area contributed by atoms with Crippen LogP contribution in [0.3, 0.4) is 0 Å². The molecule has 0 saturated carbocycles. The topological polar surface area (TPSA) is 79.0 Å². The van der Waals surface area contributed by atoms with Crippen molar-refractivity contribution in [3.05, 3.63) is 99.6 Å². The normalized spacial score (nSPS) is 14.4. The molecular weight excluding hydrogens is 466 g/mol. The average molecular weight is 491 g/mol. The molecule has 7 nitrogen and oxygen atoms in total. The zero-order valence-electron chi connectivity index (χ0n) is 19.6. The molecule has 0 saturated heterocycles. The number of carbonyl (C=O) groups excluding carboxylic acids is 1. The summed E-state index contributed by atoms with van der Waals surface area (Å²) < 4.78 is 37.0. The number of aromatic nitrogens is 4. The van der Waals surface area contributed by atoms with E-state index in [0.717, 1.165) is 24.0 Å². The fourth-order valence-corrected chi connectivity index (χ4v) is 4.72. The minimum atomic E-state index is -0.467. The number of nitrogens with zero attached hydrogens (tertiary/aromatic N) is 4. The lowest BCUT2D eigenvalue weighted by molar-refractivity contribution is 0.111. The standard InChI is InChI=1S/C27H24F2N4O3/c1-2-3-12-36-26-23(35)14-31-33-22(15-32-21(16-34)13-30-27(32)25(26)33)24(17-4-8-19(28)9-5-17)18-6-10-20(29)11-7-18/h4-11,13-14,16,22,24H,2-3,12,15H2,1H3/t22-/m1/s1. The molecule has 1 aliphatic heterocycles. The van der Waals surface area contributed by atoms with Crippen LogP contribution in [0.25, 0.3) is 11.5 Å². The van der Waals surface area contributed by atoms with Crippen molar-refractivity contribution in [2.24, 2.45) is 0 Å². The zero-order chi connectivity index (χ0) is 25.2. The van der Waals surface area contributed by atoms with Gasteiger partial charge in [-0.3, -0.25) is 14.3 Å². The number of halogens is 2. The Morgan fingerprint density at radius 1 is 1.06 bits per heavy atom. The molecule has 0 spiro atoms. The van der Waals surface area contributed by atoms with Gasteiger partial charge in [-0.15, -0.1) is 0 Å². The van der Waals surface area contributed by atoms with Crippen LogP contribution in [0, 0.1) is 11.6 Å². The molecule has 5 rings (SSSR count). The Morgan fingerprint density at radius 3 is 2.28 bits per heavy atom. The predicted molar refractivity (Wildman–Crippen MR) is 129 cm³/mol. The highest BCUT2D eigenvalue weighted by Crippen LogP contribution is 2.43. The lowest BCUT2D eigenvalue weighted by atomic mass is 9.84. The molecule has 1 atom stereocenters. The summed E-state index contributed by atoms with van der Waals surface area (Å²) in [6, 6.07) is 11.7. The van der Waals surface area contributed by atoms with E-state index in [0.29, 0.717) is 36.7 Å². The number of rotatable bonds is 8. The lowest BCUT2D eigenvalue weighted by Gasteiger charge is -2.35. The Bertz CT molecular complexity index is 1400. The van der Waals surface area contributed by atoms with Gasteiger partial charge in [-0.05, 0) is 41.8 Å². The van der Waals surface area contributed by atoms with Gasteiger partial charge >= 0.3 is 0 Å². The van der Waals surface area contributed by atoms with Crippen LogP contribution in [0.1, 0.15) is 53.3 Å². The first-order valence-corrected chi connectivity index (χ1v) is 11.8. The molecule has 4 aromatic rings. The van der Waals surface area contributed by atoms with Gasteiger partial charge in [-0.1, -0.05) is 37.6 Å². The summed E-state index contributed by atoms with van der Waals surface area (Å²) in [4.78, 5) is 29.1. The number of fused-ring (bicyclic) bond motifs is 3. The van der Waals surface area contributed by atoms with Crippen LogP contribution in [0.5, 0.6) is 5.75 Å². The summed E-state index contributed by atoms with van der Waals surface area (Å²) in [6.45, 7) is 2.65. The maximum Gasteiger partial charge on any atom is 0.242 e. The van der Waals surface area contributed by atoms with Gasteiger partial charge in [0.2, 0.25) is 5.43 Å². The molecule has 0 unspecified atom stereocenters. The Labute approximate surface area is 206 Å². The van der Waals surface area contributed by atoms with Crippen molar-refractivity contribution in [2.45, 2.75) is 38.3 Å². The molecule has 2 aromatic heterocycles. The molecule has 3 heterocycles. The Morgan fingerprint density at radius 2 is 1.69 bits per heavy atom. The number of aldehydes is 1. The van der Waals surface area contributed by atoms with Gasteiger partial charge in [0.25, 0.3) is 0 Å². The third-order valence-corrected chi connectivity index (χ3v) is 6.46. The number of unbranched alkanes of at least 4 members (excludes halogenated alkanes) is 1. The number of benzene rings is 2. The van der Waals surface area contributed by atoms with Crippen molar-refractivity contribution in [3.8, 4) is 17.3 Å². The first-order valence-electron chi connectivity index (χ1n) is 11.8. The van der Waals surface area contributed by atoms with Crippen LogP contribution in [0.4, 0.5) is 8.78 Å². The summed E-state index contributed by atoms with van der Waals surface area (Å²) >= 11 is 0. The van der Waals surface area contributed by atoms with Crippen molar-refractivity contribution >= 4 is 6.29 Å². The second kappa shape index (κ2) is 9.85. The second-order valence-corrected chi connectivity index (χ2v) is 8.72. The van der Waals surface area contributed by atoms with Crippen molar-refractivity contribution in [2.75, 3.05) is 6.61 Å². The fourth-order valence-electron chi connectivity index (χ4n) is 4.72. The van der Waals surface area contributed by atoms with Crippen LogP contribution >= 0.6 is 0 Å². The fraction of sp³-hybridized carbons (Fsp3) is 0.259. The Kier molecular flexibility index (Phi) is 6.45. The van der Waals surface area contributed by atoms with E-state index in [1.807, 2.05) is 6.92 Å². The number of hydrogen-bond donors (Lipinski definition) is 0. The van der Waals surface area contributed by atoms with E-state index in [-0.39, 0.29) is 22.8 Å². The highest BCUT2D eigenvalue weighted by atomic mass is 19.1. The molecule has 184 valence electrons. The van der Waals surface area contributed by atoms with Gasteiger partial charge in [-0.25, -0.2) is 13.8 Å². The predicted octanol–water partition coefficient (Wildman–Crippen LogP) is 4.76. The number of ether oxygens (including phenoxy) is 1. The Hall–Kier alpha value is -4.14. The van der Waals surface area contributed by atoms with Crippen molar-refractivity contribution in [1.82, 2.24) is 19.3 Å². The molecular formula is C27H24F2N4O3. The van der Waals surface area contributed by atoms with Gasteiger partial charge in [-0.2, -0.15) is 5.10 Å². The van der Waals surface area contributed by atoms with E-state index in [9.17, 15) is 18.4 Å². The molecule has 1 aliphatic rings. The average Bonchev–Trinajstić information content (AvgIpc) is 3.30. The van der Waals surface area contributed by atoms with E-state index in [4.69, 9.17) is 4.74 Å². The molecule has 0 radical (unpaired) electrons. The largest absolute Gasteiger partial charge is 0.487 e. The monoisotopic (exact) mass is 490 g/mol. The molecule has 0 bridgehead atoms. The summed E-state index contributed by atoms with van der Waals surface area (Å²) in [5.41, 5.74) is 1.86. The van der Waals surface area contributed by atoms with Gasteiger partial charge < -0.3 is 9.30 Å². The van der Waals surface area contributed by atoms with Crippen LogP contribution in [-0.4, -0.2) is 32.2 Å². The van der Waals surface area contributed by atoms with Crippen molar-refractivity contribution < 1.29 is 18.3 Å². The minimum Gasteiger partial charge on any atom is -0.487 e. The van der Waals surface area contributed by atoms with Gasteiger partial charge in [0.15, 0.2) is 17.9 Å². The summed E-state index contributed by atoms with van der Waals surface area (Å²) in [5.74, 6) is -0.659. The molecule has 0 amide bonds. The highest BCUT2D eigenvalue weighted by Gasteiger charge is 2.37. The number of hydrogen-bond acceptors (Lipinski definition) is 5. The third kappa shape index (κ3) is 4.21. The second-order valence-electron chi connectivity index (χ2n) is 8.72. The molecule has 9 heteroatoms. The van der Waals surface area contributed by atoms with Crippen LogP contribution in [-0.2, 0) is 6.54 Å². The molecule has 2 aromatic carbocycles. The van der Waals surface area contributed by atoms with Crippen LogP contribution < -0.4 is 10.2 Å². The van der Waals surface area contributed by atoms with Crippen molar-refractivity contribution in [3.63, 3.8) is 0 Å². The van der Waals surface area contributed by atoms with Gasteiger partial charge in [0.1, 0.15) is 23.0 Å². The maximum atomic E-state index is 13.8. The summed E-state index contributed by atoms with van der Waals surface area (Å²) in [7, 11) is 0. The zero-order valence-corrected chi connectivity index (χ0v) is 19.6. The van der Waals surface area contributed by atoms with Gasteiger partial charge in [0, 0.05) is 12.5 Å². The van der Waals surface area contributed by atoms with E-state index in [2.05, 4.69) is 10.1 Å². The quantitative estimate of drug-likeness (QED) is 0.263. The van der Waals surface area contributed by atoms with Crippen LogP contribution in [0.2, 0.25) is 0 Å². The maximum absolute atomic E-state index is 13.8. The first kappa shape index (κ1) is 23.6. The van der Waals surface area contributed by atoms with E-state index < -0.39 is 12.0 Å². The number of carbonyl (C=O) groups is 1. The van der Waals surface area contributed by atoms with E-state index in [1.165, 1.54) is 36.7 Å². The Balaban J connectivity index is 1.74. The van der Waals surface area contributed by atoms with Crippen molar-refractivity contribution in [1.29, 1.82) is 0 Å². The van der Waals surface area contributed by atoms with E-state index >= 15 is 0 Å². The van der Waals surface area contributed by atoms with Gasteiger partial charge in [0.05, 0.1) is 25.0 Å². The highest BCUT2D eigenvalue weighted by molar-refractivity contribution is 5.75. The number of imidazole rings is 1. The lowest BCUT2D eigenvalue weighted by Crippen LogP contribution is -2.33. The minimum absolute atomic E-state index is 0.115. The first-order chi connectivity index (χ1) is 17.5. The smallest absolute Gasteiger partial charge is 0.242 e.